The van der Waals surface area contributed by atoms with Crippen molar-refractivity contribution >= 4 is 5.69 Å². The van der Waals surface area contributed by atoms with E-state index in [0.717, 1.165) is 30.0 Å². The van der Waals surface area contributed by atoms with Crippen LogP contribution < -0.4 is 15.4 Å². The molecule has 24 heavy (non-hydrogen) atoms. The van der Waals surface area contributed by atoms with Crippen LogP contribution >= 0.6 is 0 Å². The number of para-hydroxylation sites is 1. The van der Waals surface area contributed by atoms with E-state index in [1.165, 1.54) is 0 Å². The molecule has 1 aromatic heterocycles. The maximum Gasteiger partial charge on any atom is 0.137 e. The zero-order chi connectivity index (χ0) is 17.2. The van der Waals surface area contributed by atoms with Gasteiger partial charge in [-0.2, -0.15) is 0 Å². The molecular weight excluding hydrogens is 302 g/mol. The first-order valence-corrected chi connectivity index (χ1v) is 8.34. The number of ether oxygens (including phenoxy) is 2. The maximum atomic E-state index is 6.27. The molecule has 1 aromatic carbocycles. The van der Waals surface area contributed by atoms with Gasteiger partial charge in [-0.15, -0.1) is 0 Å². The van der Waals surface area contributed by atoms with E-state index in [1.807, 2.05) is 30.5 Å². The standard InChI is InChI=1S/C19H27N3O2/c1-3-16-11-19(13-21-12-16)24-15-17(20)14-22(9-10-23-2)18-7-5-4-6-8-18/h4-8,11-13,17H,3,9-10,14-15,20H2,1-2H3/t17-/m0/s1. The predicted octanol–water partition coefficient (Wildman–Crippen LogP) is 2.50. The Kier molecular flexibility index (Phi) is 7.52. The topological polar surface area (TPSA) is 60.6 Å². The van der Waals surface area contributed by atoms with Crippen molar-refractivity contribution in [2.24, 2.45) is 5.73 Å². The van der Waals surface area contributed by atoms with Gasteiger partial charge < -0.3 is 20.1 Å². The third-order valence-electron chi connectivity index (χ3n) is 3.78. The summed E-state index contributed by atoms with van der Waals surface area (Å²) in [6, 6.07) is 12.1. The van der Waals surface area contributed by atoms with E-state index in [1.54, 1.807) is 13.3 Å². The van der Waals surface area contributed by atoms with Crippen molar-refractivity contribution in [1.29, 1.82) is 0 Å². The molecule has 0 spiro atoms. The molecular formula is C19H27N3O2. The molecule has 0 aliphatic rings. The molecule has 130 valence electrons. The summed E-state index contributed by atoms with van der Waals surface area (Å²) in [7, 11) is 1.71. The summed E-state index contributed by atoms with van der Waals surface area (Å²) < 4.78 is 11.0. The molecule has 0 saturated heterocycles. The molecule has 1 atom stereocenters. The van der Waals surface area contributed by atoms with Crippen LogP contribution in [0.5, 0.6) is 5.75 Å². The summed E-state index contributed by atoms with van der Waals surface area (Å²) in [5.41, 5.74) is 8.57. The molecule has 5 nitrogen and oxygen atoms in total. The number of aryl methyl sites for hydroxylation is 1. The Bertz CT molecular complexity index is 592. The minimum absolute atomic E-state index is 0.104. The average Bonchev–Trinajstić information content (AvgIpc) is 2.64. The van der Waals surface area contributed by atoms with Gasteiger partial charge in [0.25, 0.3) is 0 Å². The monoisotopic (exact) mass is 329 g/mol. The van der Waals surface area contributed by atoms with Gasteiger partial charge in [0.15, 0.2) is 0 Å². The molecule has 0 unspecified atom stereocenters. The number of benzene rings is 1. The van der Waals surface area contributed by atoms with Gasteiger partial charge in [0.2, 0.25) is 0 Å². The van der Waals surface area contributed by atoms with Gasteiger partial charge in [0.1, 0.15) is 12.4 Å². The molecule has 5 heteroatoms. The number of hydrogen-bond acceptors (Lipinski definition) is 5. The van der Waals surface area contributed by atoms with Crippen LogP contribution in [0.2, 0.25) is 0 Å². The normalized spacial score (nSPS) is 12.0. The van der Waals surface area contributed by atoms with Crippen LogP contribution in [-0.4, -0.2) is 44.4 Å². The van der Waals surface area contributed by atoms with Crippen molar-refractivity contribution in [2.45, 2.75) is 19.4 Å². The lowest BCUT2D eigenvalue weighted by Gasteiger charge is -2.27. The third kappa shape index (κ3) is 5.83. The fourth-order valence-corrected chi connectivity index (χ4v) is 2.44. The van der Waals surface area contributed by atoms with Gasteiger partial charge >= 0.3 is 0 Å². The number of rotatable bonds is 10. The zero-order valence-corrected chi connectivity index (χ0v) is 14.5. The van der Waals surface area contributed by atoms with Crippen molar-refractivity contribution in [3.63, 3.8) is 0 Å². The van der Waals surface area contributed by atoms with Crippen molar-refractivity contribution in [3.8, 4) is 5.75 Å². The second-order valence-electron chi connectivity index (χ2n) is 5.73. The largest absolute Gasteiger partial charge is 0.490 e. The Morgan fingerprint density at radius 3 is 2.71 bits per heavy atom. The molecule has 0 radical (unpaired) electrons. The highest BCUT2D eigenvalue weighted by atomic mass is 16.5. The lowest BCUT2D eigenvalue weighted by Crippen LogP contribution is -2.42. The van der Waals surface area contributed by atoms with Gasteiger partial charge in [-0.1, -0.05) is 25.1 Å². The number of nitrogens with zero attached hydrogens (tertiary/aromatic N) is 2. The molecule has 2 N–H and O–H groups in total. The molecule has 0 bridgehead atoms. The first-order valence-electron chi connectivity index (χ1n) is 8.34. The van der Waals surface area contributed by atoms with Crippen LogP contribution in [0.4, 0.5) is 5.69 Å². The number of methoxy groups -OCH3 is 1. The Hall–Kier alpha value is -2.11. The van der Waals surface area contributed by atoms with Crippen LogP contribution in [0.3, 0.4) is 0 Å². The highest BCUT2D eigenvalue weighted by Crippen LogP contribution is 2.14. The number of hydrogen-bond donors (Lipinski definition) is 1. The highest BCUT2D eigenvalue weighted by Gasteiger charge is 2.12. The van der Waals surface area contributed by atoms with E-state index in [9.17, 15) is 0 Å². The van der Waals surface area contributed by atoms with Crippen LogP contribution in [0, 0.1) is 0 Å². The summed E-state index contributed by atoms with van der Waals surface area (Å²) >= 11 is 0. The molecule has 0 aliphatic heterocycles. The minimum Gasteiger partial charge on any atom is -0.490 e. The summed E-state index contributed by atoms with van der Waals surface area (Å²) in [5.74, 6) is 0.771. The highest BCUT2D eigenvalue weighted by molar-refractivity contribution is 5.46. The number of pyridine rings is 1. The molecule has 2 rings (SSSR count). The Morgan fingerprint density at radius 1 is 1.21 bits per heavy atom. The van der Waals surface area contributed by atoms with Gasteiger partial charge in [-0.3, -0.25) is 4.98 Å². The zero-order valence-electron chi connectivity index (χ0n) is 14.5. The van der Waals surface area contributed by atoms with E-state index in [4.69, 9.17) is 15.2 Å². The molecule has 0 saturated carbocycles. The van der Waals surface area contributed by atoms with Crippen molar-refractivity contribution in [3.05, 3.63) is 54.4 Å². The first-order chi connectivity index (χ1) is 11.7. The Balaban J connectivity index is 1.90. The maximum absolute atomic E-state index is 6.27. The molecule has 0 aliphatic carbocycles. The predicted molar refractivity (Wildman–Crippen MR) is 97.6 cm³/mol. The van der Waals surface area contributed by atoms with Crippen molar-refractivity contribution < 1.29 is 9.47 Å². The second-order valence-corrected chi connectivity index (χ2v) is 5.73. The second kappa shape index (κ2) is 9.90. The number of aromatic nitrogens is 1. The van der Waals surface area contributed by atoms with E-state index >= 15 is 0 Å². The third-order valence-corrected chi connectivity index (χ3v) is 3.78. The summed E-state index contributed by atoms with van der Waals surface area (Å²) in [6.45, 7) is 4.70. The summed E-state index contributed by atoms with van der Waals surface area (Å²) in [5, 5.41) is 0. The summed E-state index contributed by atoms with van der Waals surface area (Å²) in [4.78, 5) is 6.41. The smallest absolute Gasteiger partial charge is 0.137 e. The van der Waals surface area contributed by atoms with E-state index in [-0.39, 0.29) is 6.04 Å². The van der Waals surface area contributed by atoms with Crippen molar-refractivity contribution in [2.75, 3.05) is 38.3 Å². The van der Waals surface area contributed by atoms with Gasteiger partial charge in [0, 0.05) is 32.1 Å². The quantitative estimate of drug-likeness (QED) is 0.726. The van der Waals surface area contributed by atoms with Crippen molar-refractivity contribution in [1.82, 2.24) is 4.98 Å². The minimum atomic E-state index is -0.104. The average molecular weight is 329 g/mol. The van der Waals surface area contributed by atoms with Gasteiger partial charge in [-0.05, 0) is 30.2 Å². The first kappa shape index (κ1) is 18.2. The number of nitrogens with two attached hydrogens (primary N) is 1. The molecule has 2 aromatic rings. The van der Waals surface area contributed by atoms with E-state index < -0.39 is 0 Å². The fourth-order valence-electron chi connectivity index (χ4n) is 2.44. The van der Waals surface area contributed by atoms with Gasteiger partial charge in [0.05, 0.1) is 18.8 Å². The molecule has 1 heterocycles. The van der Waals surface area contributed by atoms with Crippen LogP contribution in [0.15, 0.2) is 48.8 Å². The van der Waals surface area contributed by atoms with Crippen LogP contribution in [0.1, 0.15) is 12.5 Å². The number of anilines is 1. The fraction of sp³-hybridized carbons (Fsp3) is 0.421. The van der Waals surface area contributed by atoms with E-state index in [2.05, 4.69) is 28.9 Å². The van der Waals surface area contributed by atoms with Gasteiger partial charge in [-0.25, -0.2) is 0 Å². The summed E-state index contributed by atoms with van der Waals surface area (Å²) in [6.07, 6.45) is 4.52. The lowest BCUT2D eigenvalue weighted by molar-refractivity contribution is 0.203. The van der Waals surface area contributed by atoms with Crippen LogP contribution in [0.25, 0.3) is 0 Å². The Morgan fingerprint density at radius 2 is 2.00 bits per heavy atom. The SMILES string of the molecule is CCc1cncc(OC[C@@H](N)CN(CCOC)c2ccccc2)c1. The lowest BCUT2D eigenvalue weighted by atomic mass is 10.2. The Labute approximate surface area is 144 Å². The van der Waals surface area contributed by atoms with Crippen LogP contribution in [-0.2, 0) is 11.2 Å². The van der Waals surface area contributed by atoms with E-state index in [0.29, 0.717) is 19.8 Å². The molecule has 0 fully saturated rings. The molecule has 0 amide bonds.